The summed E-state index contributed by atoms with van der Waals surface area (Å²) in [5, 5.41) is 7.82. The van der Waals surface area contributed by atoms with Crippen molar-refractivity contribution in [1.29, 1.82) is 0 Å². The van der Waals surface area contributed by atoms with Gasteiger partial charge in [-0.2, -0.15) is 5.10 Å². The summed E-state index contributed by atoms with van der Waals surface area (Å²) >= 11 is 13.4. The maximum Gasteiger partial charge on any atom is 0.355 e. The van der Waals surface area contributed by atoms with Gasteiger partial charge in [0.1, 0.15) is 10.6 Å². The quantitative estimate of drug-likeness (QED) is 0.121. The van der Waals surface area contributed by atoms with Crippen LogP contribution in [0.1, 0.15) is 15.2 Å². The number of hydrazone groups is 1. The number of thiophene rings is 1. The minimum atomic E-state index is -0.974. The highest BCUT2D eigenvalue weighted by molar-refractivity contribution is 7.21. The van der Waals surface area contributed by atoms with E-state index in [2.05, 4.69) is 15.8 Å². The number of benzene rings is 3. The van der Waals surface area contributed by atoms with Crippen LogP contribution < -0.4 is 15.5 Å². The van der Waals surface area contributed by atoms with Crippen LogP contribution in [-0.4, -0.2) is 24.0 Å². The predicted octanol–water partition coefficient (Wildman–Crippen LogP) is 5.52. The molecule has 0 saturated heterocycles. The Balaban J connectivity index is 1.42. The van der Waals surface area contributed by atoms with E-state index < -0.39 is 17.8 Å². The molecule has 0 unspecified atom stereocenters. The van der Waals surface area contributed by atoms with E-state index in [-0.39, 0.29) is 10.6 Å². The van der Waals surface area contributed by atoms with E-state index in [0.29, 0.717) is 21.3 Å². The number of ether oxygens (including phenoxy) is 1. The molecule has 170 valence electrons. The van der Waals surface area contributed by atoms with Gasteiger partial charge >= 0.3 is 17.8 Å². The fraction of sp³-hybridized carbons (Fsp3) is 0. The monoisotopic (exact) mass is 511 g/mol. The van der Waals surface area contributed by atoms with Crippen LogP contribution in [0, 0.1) is 0 Å². The predicted molar refractivity (Wildman–Crippen MR) is 134 cm³/mol. The van der Waals surface area contributed by atoms with Gasteiger partial charge in [0.25, 0.3) is 0 Å². The van der Waals surface area contributed by atoms with Crippen LogP contribution >= 0.6 is 34.5 Å². The highest BCUT2D eigenvalue weighted by Crippen LogP contribution is 2.36. The van der Waals surface area contributed by atoms with Crippen LogP contribution in [-0.2, 0) is 9.59 Å². The lowest BCUT2D eigenvalue weighted by atomic mass is 10.2. The first-order chi connectivity index (χ1) is 16.4. The standard InChI is InChI=1S/C24H15Cl2N3O4S/c25-15-9-11-16(12-10-15)28-22(30)23(31)29-27-13-14-5-1-3-7-18(14)33-24(32)21-20(26)17-6-2-4-8-19(17)34-21/h1-13H,(H,28,30)(H,29,31)/b27-13+. The number of halogens is 2. The van der Waals surface area contributed by atoms with Crippen molar-refractivity contribution in [2.75, 3.05) is 5.32 Å². The van der Waals surface area contributed by atoms with Gasteiger partial charge in [0.05, 0.1) is 11.2 Å². The molecule has 0 atom stereocenters. The number of fused-ring (bicyclic) bond motifs is 1. The summed E-state index contributed by atoms with van der Waals surface area (Å²) in [5.41, 5.74) is 2.95. The van der Waals surface area contributed by atoms with Gasteiger partial charge in [0.2, 0.25) is 0 Å². The molecule has 0 spiro atoms. The third-order valence-corrected chi connectivity index (χ3v) is 6.43. The lowest BCUT2D eigenvalue weighted by molar-refractivity contribution is -0.136. The molecule has 0 aliphatic carbocycles. The Morgan fingerprint density at radius 2 is 1.59 bits per heavy atom. The van der Waals surface area contributed by atoms with Gasteiger partial charge in [0.15, 0.2) is 0 Å². The Labute approximate surface area is 207 Å². The topological polar surface area (TPSA) is 96.9 Å². The fourth-order valence-corrected chi connectivity index (χ4v) is 4.41. The minimum Gasteiger partial charge on any atom is -0.422 e. The molecule has 34 heavy (non-hydrogen) atoms. The van der Waals surface area contributed by atoms with Crippen LogP contribution in [0.3, 0.4) is 0 Å². The molecule has 1 heterocycles. The number of anilines is 1. The zero-order valence-electron chi connectivity index (χ0n) is 17.2. The van der Waals surface area contributed by atoms with E-state index in [9.17, 15) is 14.4 Å². The van der Waals surface area contributed by atoms with Crippen LogP contribution in [0.25, 0.3) is 10.1 Å². The Bertz CT molecular complexity index is 1420. The van der Waals surface area contributed by atoms with Crippen LogP contribution in [0.5, 0.6) is 5.75 Å². The molecule has 4 rings (SSSR count). The zero-order valence-corrected chi connectivity index (χ0v) is 19.6. The van der Waals surface area contributed by atoms with E-state index in [1.807, 2.05) is 24.3 Å². The Kier molecular flexibility index (Phi) is 7.22. The summed E-state index contributed by atoms with van der Waals surface area (Å²) in [4.78, 5) is 37.0. The maximum absolute atomic E-state index is 12.8. The second-order valence-corrected chi connectivity index (χ2v) is 8.70. The van der Waals surface area contributed by atoms with Gasteiger partial charge in [-0.05, 0) is 42.5 Å². The molecule has 2 N–H and O–H groups in total. The van der Waals surface area contributed by atoms with E-state index in [1.54, 1.807) is 48.5 Å². The van der Waals surface area contributed by atoms with Gasteiger partial charge in [-0.1, -0.05) is 53.5 Å². The summed E-state index contributed by atoms with van der Waals surface area (Å²) in [5.74, 6) is -2.28. The lowest BCUT2D eigenvalue weighted by Gasteiger charge is -2.07. The normalized spacial score (nSPS) is 10.9. The first kappa shape index (κ1) is 23.4. The van der Waals surface area contributed by atoms with Crippen LogP contribution in [0.15, 0.2) is 77.9 Å². The zero-order chi connectivity index (χ0) is 24.1. The minimum absolute atomic E-state index is 0.213. The number of para-hydroxylation sites is 1. The molecule has 2 amide bonds. The van der Waals surface area contributed by atoms with Crippen molar-refractivity contribution in [3.05, 3.63) is 93.3 Å². The molecule has 7 nitrogen and oxygen atoms in total. The molecular weight excluding hydrogens is 497 g/mol. The van der Waals surface area contributed by atoms with Crippen molar-refractivity contribution < 1.29 is 19.1 Å². The fourth-order valence-electron chi connectivity index (χ4n) is 2.90. The number of esters is 1. The van der Waals surface area contributed by atoms with Gasteiger partial charge in [-0.3, -0.25) is 9.59 Å². The number of amides is 2. The van der Waals surface area contributed by atoms with Crippen LogP contribution in [0.2, 0.25) is 10.0 Å². The van der Waals surface area contributed by atoms with Gasteiger partial charge in [-0.25, -0.2) is 10.2 Å². The number of rotatable bonds is 5. The molecule has 1 aromatic heterocycles. The summed E-state index contributed by atoms with van der Waals surface area (Å²) in [6, 6.07) is 20.3. The van der Waals surface area contributed by atoms with Crippen molar-refractivity contribution in [3.63, 3.8) is 0 Å². The van der Waals surface area contributed by atoms with Gasteiger partial charge < -0.3 is 10.1 Å². The number of nitrogens with one attached hydrogen (secondary N) is 2. The van der Waals surface area contributed by atoms with E-state index in [1.165, 1.54) is 17.6 Å². The molecule has 0 aliphatic heterocycles. The summed E-state index contributed by atoms with van der Waals surface area (Å²) in [6.07, 6.45) is 1.27. The molecule has 4 aromatic rings. The summed E-state index contributed by atoms with van der Waals surface area (Å²) in [6.45, 7) is 0. The van der Waals surface area contributed by atoms with Gasteiger partial charge in [0, 0.05) is 26.4 Å². The third kappa shape index (κ3) is 5.43. The smallest absolute Gasteiger partial charge is 0.355 e. The van der Waals surface area contributed by atoms with Crippen LogP contribution in [0.4, 0.5) is 5.69 Å². The summed E-state index contributed by atoms with van der Waals surface area (Å²) in [7, 11) is 0. The number of hydrogen-bond acceptors (Lipinski definition) is 6. The first-order valence-corrected chi connectivity index (χ1v) is 11.4. The van der Waals surface area contributed by atoms with Crippen molar-refractivity contribution in [3.8, 4) is 5.75 Å². The Hall–Kier alpha value is -3.72. The molecular formula is C24H15Cl2N3O4S. The summed E-state index contributed by atoms with van der Waals surface area (Å²) < 4.78 is 6.40. The van der Waals surface area contributed by atoms with E-state index in [0.717, 1.165) is 10.1 Å². The highest BCUT2D eigenvalue weighted by atomic mass is 35.5. The van der Waals surface area contributed by atoms with Crippen molar-refractivity contribution in [2.24, 2.45) is 5.10 Å². The molecule has 0 fully saturated rings. The lowest BCUT2D eigenvalue weighted by Crippen LogP contribution is -2.32. The van der Waals surface area contributed by atoms with Crippen molar-refractivity contribution in [1.82, 2.24) is 5.43 Å². The Morgan fingerprint density at radius 3 is 2.35 bits per heavy atom. The SMILES string of the molecule is O=C(N/N=C/c1ccccc1OC(=O)c1sc2ccccc2c1Cl)C(=O)Nc1ccc(Cl)cc1. The molecule has 0 bridgehead atoms. The van der Waals surface area contributed by atoms with Crippen molar-refractivity contribution >= 4 is 74.3 Å². The van der Waals surface area contributed by atoms with Gasteiger partial charge in [-0.15, -0.1) is 11.3 Å². The number of carbonyl (C=O) groups is 3. The number of hydrogen-bond donors (Lipinski definition) is 2. The molecule has 3 aromatic carbocycles. The second kappa shape index (κ2) is 10.5. The molecule has 0 saturated carbocycles. The third-order valence-electron chi connectivity index (χ3n) is 4.52. The van der Waals surface area contributed by atoms with E-state index >= 15 is 0 Å². The van der Waals surface area contributed by atoms with Crippen molar-refractivity contribution in [2.45, 2.75) is 0 Å². The molecule has 0 aliphatic rings. The van der Waals surface area contributed by atoms with E-state index in [4.69, 9.17) is 27.9 Å². The molecule has 0 radical (unpaired) electrons. The second-order valence-electron chi connectivity index (χ2n) is 6.83. The molecule has 10 heteroatoms. The first-order valence-electron chi connectivity index (χ1n) is 9.80. The maximum atomic E-state index is 12.8. The average Bonchev–Trinajstić information content (AvgIpc) is 3.18. The number of carbonyl (C=O) groups excluding carboxylic acids is 3. The number of nitrogens with zero attached hydrogens (tertiary/aromatic N) is 1. The largest absolute Gasteiger partial charge is 0.422 e. The average molecular weight is 512 g/mol. The highest BCUT2D eigenvalue weighted by Gasteiger charge is 2.20. The Morgan fingerprint density at radius 1 is 0.882 bits per heavy atom.